The van der Waals surface area contributed by atoms with Crippen molar-refractivity contribution in [1.82, 2.24) is 4.31 Å². The molecule has 0 fully saturated rings. The van der Waals surface area contributed by atoms with E-state index in [2.05, 4.69) is 4.74 Å². The number of methoxy groups -OCH3 is 1. The van der Waals surface area contributed by atoms with E-state index >= 15 is 0 Å². The van der Waals surface area contributed by atoms with Crippen LogP contribution in [0.25, 0.3) is 0 Å². The summed E-state index contributed by atoms with van der Waals surface area (Å²) in [5, 5.41) is 0. The van der Waals surface area contributed by atoms with E-state index in [0.717, 1.165) is 17.0 Å². The Labute approximate surface area is 90.1 Å². The fourth-order valence-corrected chi connectivity index (χ4v) is 1.50. The Balaban J connectivity index is 2.76. The van der Waals surface area contributed by atoms with E-state index in [4.69, 9.17) is 4.55 Å². The topological polar surface area (TPSA) is 66.8 Å². The van der Waals surface area contributed by atoms with Crippen LogP contribution in [-0.4, -0.2) is 26.3 Å². The Hall–Kier alpha value is -1.40. The quantitative estimate of drug-likeness (QED) is 0.795. The highest BCUT2D eigenvalue weighted by molar-refractivity contribution is 7.77. The molecular formula is C9H11NO4S. The smallest absolute Gasteiger partial charge is 0.423 e. The molecule has 1 amide bonds. The number of carbonyl (C=O) groups is 1. The van der Waals surface area contributed by atoms with Crippen molar-refractivity contribution in [3.63, 3.8) is 0 Å². The van der Waals surface area contributed by atoms with E-state index < -0.39 is 17.4 Å². The molecule has 0 aliphatic rings. The van der Waals surface area contributed by atoms with Crippen LogP contribution in [0, 0.1) is 0 Å². The van der Waals surface area contributed by atoms with Crippen molar-refractivity contribution in [2.45, 2.75) is 6.54 Å². The molecule has 0 bridgehead atoms. The lowest BCUT2D eigenvalue weighted by atomic mass is 10.2. The first kappa shape index (κ1) is 11.7. The lowest BCUT2D eigenvalue weighted by Crippen LogP contribution is -2.31. The molecule has 0 aromatic heterocycles. The summed E-state index contributed by atoms with van der Waals surface area (Å²) in [6.07, 6.45) is -0.834. The molecule has 0 heterocycles. The maximum absolute atomic E-state index is 11.1. The lowest BCUT2D eigenvalue weighted by molar-refractivity contribution is 0.147. The zero-order valence-corrected chi connectivity index (χ0v) is 8.94. The molecule has 5 nitrogen and oxygen atoms in total. The first-order valence-corrected chi connectivity index (χ1v) is 5.22. The second-order valence-electron chi connectivity index (χ2n) is 2.72. The van der Waals surface area contributed by atoms with Crippen LogP contribution in [0.2, 0.25) is 0 Å². The summed E-state index contributed by atoms with van der Waals surface area (Å²) in [5.41, 5.74) is 0.755. The number of nitrogens with zero attached hydrogens (tertiary/aromatic N) is 1. The number of benzene rings is 1. The molecule has 0 saturated carbocycles. The van der Waals surface area contributed by atoms with Gasteiger partial charge in [-0.2, -0.15) is 4.31 Å². The molecule has 1 aromatic rings. The summed E-state index contributed by atoms with van der Waals surface area (Å²) in [6, 6.07) is 8.89. The zero-order chi connectivity index (χ0) is 11.3. The van der Waals surface area contributed by atoms with Gasteiger partial charge in [0.1, 0.15) is 0 Å². The SMILES string of the molecule is COC(=O)N(Cc1ccccc1)S(=O)O. The van der Waals surface area contributed by atoms with Crippen LogP contribution in [0.3, 0.4) is 0 Å². The Morgan fingerprint density at radius 2 is 2.07 bits per heavy atom. The Bertz CT molecular complexity index is 354. The molecule has 1 unspecified atom stereocenters. The van der Waals surface area contributed by atoms with Crippen LogP contribution in [-0.2, 0) is 22.5 Å². The van der Waals surface area contributed by atoms with E-state index in [1.54, 1.807) is 24.3 Å². The number of hydrogen-bond acceptors (Lipinski definition) is 3. The predicted molar refractivity (Wildman–Crippen MR) is 55.2 cm³/mol. The van der Waals surface area contributed by atoms with Crippen LogP contribution < -0.4 is 0 Å². The monoisotopic (exact) mass is 229 g/mol. The van der Waals surface area contributed by atoms with Crippen molar-refractivity contribution in [1.29, 1.82) is 0 Å². The van der Waals surface area contributed by atoms with Crippen molar-refractivity contribution < 1.29 is 18.3 Å². The molecule has 0 spiro atoms. The van der Waals surface area contributed by atoms with Gasteiger partial charge in [0.05, 0.1) is 13.7 Å². The molecule has 1 atom stereocenters. The van der Waals surface area contributed by atoms with Crippen molar-refractivity contribution in [3.05, 3.63) is 35.9 Å². The summed E-state index contributed by atoms with van der Waals surface area (Å²) in [7, 11) is 1.16. The zero-order valence-electron chi connectivity index (χ0n) is 8.12. The standard InChI is InChI=1S/C9H11NO4S/c1-14-9(11)10(15(12)13)7-8-5-3-2-4-6-8/h2-6H,7H2,1H3,(H,12,13). The second kappa shape index (κ2) is 5.47. The van der Waals surface area contributed by atoms with E-state index in [9.17, 15) is 9.00 Å². The minimum absolute atomic E-state index is 0.0383. The maximum Gasteiger partial charge on any atom is 0.423 e. The number of ether oxygens (including phenoxy) is 1. The summed E-state index contributed by atoms with van der Waals surface area (Å²) < 4.78 is 24.8. The van der Waals surface area contributed by atoms with Gasteiger partial charge in [0.2, 0.25) is 0 Å². The van der Waals surface area contributed by atoms with Gasteiger partial charge in [0.15, 0.2) is 0 Å². The van der Waals surface area contributed by atoms with Gasteiger partial charge in [0.25, 0.3) is 11.3 Å². The van der Waals surface area contributed by atoms with Crippen molar-refractivity contribution in [2.24, 2.45) is 0 Å². The number of carbonyl (C=O) groups excluding carboxylic acids is 1. The van der Waals surface area contributed by atoms with Crippen molar-refractivity contribution in [2.75, 3.05) is 7.11 Å². The highest BCUT2D eigenvalue weighted by Gasteiger charge is 2.19. The third kappa shape index (κ3) is 3.34. The van der Waals surface area contributed by atoms with Crippen LogP contribution in [0.5, 0.6) is 0 Å². The molecule has 82 valence electrons. The summed E-state index contributed by atoms with van der Waals surface area (Å²) >= 11 is -2.38. The Morgan fingerprint density at radius 3 is 2.53 bits per heavy atom. The van der Waals surface area contributed by atoms with Gasteiger partial charge in [-0.1, -0.05) is 30.3 Å². The van der Waals surface area contributed by atoms with Gasteiger partial charge in [-0.3, -0.25) is 4.55 Å². The van der Waals surface area contributed by atoms with E-state index in [1.165, 1.54) is 0 Å². The molecule has 15 heavy (non-hydrogen) atoms. The number of rotatable bonds is 3. The van der Waals surface area contributed by atoms with Gasteiger partial charge >= 0.3 is 6.09 Å². The molecule has 1 aromatic carbocycles. The maximum atomic E-state index is 11.1. The van der Waals surface area contributed by atoms with Crippen molar-refractivity contribution >= 4 is 17.4 Å². The average Bonchev–Trinajstić information content (AvgIpc) is 2.26. The van der Waals surface area contributed by atoms with Gasteiger partial charge in [-0.05, 0) is 5.56 Å². The molecule has 0 aliphatic heterocycles. The largest absolute Gasteiger partial charge is 0.452 e. The Kier molecular flexibility index (Phi) is 4.26. The fourth-order valence-electron chi connectivity index (χ4n) is 1.03. The summed E-state index contributed by atoms with van der Waals surface area (Å²) in [4.78, 5) is 11.1. The van der Waals surface area contributed by atoms with Crippen LogP contribution in [0.4, 0.5) is 4.79 Å². The predicted octanol–water partition coefficient (Wildman–Crippen LogP) is 1.39. The number of amides is 1. The molecule has 0 saturated heterocycles. The molecular weight excluding hydrogens is 218 g/mol. The van der Waals surface area contributed by atoms with Gasteiger partial charge in [-0.15, -0.1) is 0 Å². The molecule has 1 rings (SSSR count). The van der Waals surface area contributed by atoms with E-state index in [-0.39, 0.29) is 6.54 Å². The summed E-state index contributed by atoms with van der Waals surface area (Å²) in [5.74, 6) is 0. The first-order valence-electron chi connectivity index (χ1n) is 4.15. The highest BCUT2D eigenvalue weighted by Crippen LogP contribution is 2.07. The lowest BCUT2D eigenvalue weighted by Gasteiger charge is -2.15. The van der Waals surface area contributed by atoms with Crippen LogP contribution in [0.15, 0.2) is 30.3 Å². The summed E-state index contributed by atoms with van der Waals surface area (Å²) in [6.45, 7) is 0.0383. The van der Waals surface area contributed by atoms with Crippen LogP contribution in [0.1, 0.15) is 5.56 Å². The van der Waals surface area contributed by atoms with Gasteiger partial charge in [0, 0.05) is 0 Å². The first-order chi connectivity index (χ1) is 7.15. The number of hydrogen-bond donors (Lipinski definition) is 1. The Morgan fingerprint density at radius 1 is 1.47 bits per heavy atom. The second-order valence-corrected chi connectivity index (χ2v) is 3.63. The average molecular weight is 229 g/mol. The minimum Gasteiger partial charge on any atom is -0.452 e. The van der Waals surface area contributed by atoms with Crippen LogP contribution >= 0.6 is 0 Å². The third-order valence-electron chi connectivity index (χ3n) is 1.74. The third-order valence-corrected chi connectivity index (χ3v) is 2.39. The van der Waals surface area contributed by atoms with Crippen molar-refractivity contribution in [3.8, 4) is 0 Å². The highest BCUT2D eigenvalue weighted by atomic mass is 32.2. The van der Waals surface area contributed by atoms with Gasteiger partial charge < -0.3 is 4.74 Å². The molecule has 0 radical (unpaired) electrons. The molecule has 0 aliphatic carbocycles. The molecule has 1 N–H and O–H groups in total. The van der Waals surface area contributed by atoms with Gasteiger partial charge in [-0.25, -0.2) is 9.00 Å². The fraction of sp³-hybridized carbons (Fsp3) is 0.222. The minimum atomic E-state index is -2.38. The molecule has 6 heteroatoms. The normalized spacial score (nSPS) is 11.9. The van der Waals surface area contributed by atoms with E-state index in [1.807, 2.05) is 6.07 Å². The van der Waals surface area contributed by atoms with E-state index in [0.29, 0.717) is 0 Å².